The summed E-state index contributed by atoms with van der Waals surface area (Å²) in [7, 11) is 4.19. The normalized spacial score (nSPS) is 20.8. The molecule has 0 aromatic carbocycles. The van der Waals surface area contributed by atoms with Gasteiger partial charge < -0.3 is 19.9 Å². The fraction of sp³-hybridized carbons (Fsp3) is 0.938. The van der Waals surface area contributed by atoms with Crippen LogP contribution in [0.4, 0.5) is 4.79 Å². The van der Waals surface area contributed by atoms with Crippen LogP contribution in [0.15, 0.2) is 0 Å². The Morgan fingerprint density at radius 2 is 1.90 bits per heavy atom. The van der Waals surface area contributed by atoms with Crippen LogP contribution < -0.4 is 5.32 Å². The van der Waals surface area contributed by atoms with Crippen molar-refractivity contribution in [2.24, 2.45) is 0 Å². The molecule has 21 heavy (non-hydrogen) atoms. The quantitative estimate of drug-likeness (QED) is 0.865. The van der Waals surface area contributed by atoms with Crippen LogP contribution in [0.1, 0.15) is 47.5 Å². The summed E-state index contributed by atoms with van der Waals surface area (Å²) in [5.74, 6) is 0. The number of likely N-dealkylation sites (N-methyl/N-ethyl adjacent to an activating group) is 1. The number of nitrogens with zero attached hydrogens (tertiary/aromatic N) is 2. The lowest BCUT2D eigenvalue weighted by Crippen LogP contribution is -2.54. The second-order valence-corrected chi connectivity index (χ2v) is 7.85. The molecule has 124 valence electrons. The maximum absolute atomic E-state index is 12.1. The maximum Gasteiger partial charge on any atom is 0.410 e. The zero-order chi connectivity index (χ0) is 16.3. The van der Waals surface area contributed by atoms with Gasteiger partial charge in [-0.3, -0.25) is 0 Å². The topological polar surface area (TPSA) is 44.8 Å². The average molecular weight is 299 g/mol. The fourth-order valence-electron chi connectivity index (χ4n) is 2.19. The molecule has 1 aliphatic heterocycles. The summed E-state index contributed by atoms with van der Waals surface area (Å²) in [5.41, 5.74) is -0.321. The molecule has 1 fully saturated rings. The molecule has 1 aliphatic rings. The van der Waals surface area contributed by atoms with Gasteiger partial charge >= 0.3 is 6.09 Å². The maximum atomic E-state index is 12.1. The van der Waals surface area contributed by atoms with Crippen molar-refractivity contribution in [3.63, 3.8) is 0 Å². The molecule has 0 bridgehead atoms. The number of amides is 1. The summed E-state index contributed by atoms with van der Waals surface area (Å²) >= 11 is 0. The molecule has 5 nitrogen and oxygen atoms in total. The van der Waals surface area contributed by atoms with Crippen LogP contribution in [-0.4, -0.2) is 66.8 Å². The van der Waals surface area contributed by atoms with E-state index in [1.807, 2.05) is 25.7 Å². The highest BCUT2D eigenvalue weighted by Crippen LogP contribution is 2.16. The monoisotopic (exact) mass is 299 g/mol. The number of ether oxygens (including phenoxy) is 1. The Kier molecular flexibility index (Phi) is 6.05. The van der Waals surface area contributed by atoms with Gasteiger partial charge in [0.15, 0.2) is 0 Å². The van der Waals surface area contributed by atoms with E-state index in [-0.39, 0.29) is 11.6 Å². The lowest BCUT2D eigenvalue weighted by atomic mass is 10.0. The molecule has 1 rings (SSSR count). The average Bonchev–Trinajstić information content (AvgIpc) is 2.34. The minimum absolute atomic E-state index is 0.105. The van der Waals surface area contributed by atoms with Gasteiger partial charge in [0.1, 0.15) is 5.60 Å². The van der Waals surface area contributed by atoms with Crippen LogP contribution in [0.5, 0.6) is 0 Å². The standard InChI is InChI=1S/C16H33N3O2/c1-15(2,3)21-14(20)19-10-8-9-13(11-19)17-12-16(4,5)18(6)7/h13,17H,8-12H2,1-7H3. The Hall–Kier alpha value is -0.810. The second kappa shape index (κ2) is 6.97. The summed E-state index contributed by atoms with van der Waals surface area (Å²) < 4.78 is 5.46. The molecule has 1 N–H and O–H groups in total. The van der Waals surface area contributed by atoms with Crippen molar-refractivity contribution >= 4 is 6.09 Å². The van der Waals surface area contributed by atoms with E-state index in [2.05, 4.69) is 38.2 Å². The third kappa shape index (κ3) is 6.22. The highest BCUT2D eigenvalue weighted by Gasteiger charge is 2.29. The summed E-state index contributed by atoms with van der Waals surface area (Å²) in [4.78, 5) is 16.2. The number of hydrogen-bond donors (Lipinski definition) is 1. The molecule has 0 spiro atoms. The van der Waals surface area contributed by atoms with Crippen molar-refractivity contribution < 1.29 is 9.53 Å². The molecule has 1 unspecified atom stereocenters. The molecule has 1 amide bonds. The van der Waals surface area contributed by atoms with Crippen molar-refractivity contribution in [2.75, 3.05) is 33.7 Å². The number of nitrogens with one attached hydrogen (secondary N) is 1. The molecule has 0 saturated carbocycles. The van der Waals surface area contributed by atoms with Crippen LogP contribution in [0.2, 0.25) is 0 Å². The van der Waals surface area contributed by atoms with Gasteiger partial charge in [-0.2, -0.15) is 0 Å². The minimum atomic E-state index is -0.426. The van der Waals surface area contributed by atoms with Gasteiger partial charge in [-0.1, -0.05) is 0 Å². The number of piperidine rings is 1. The zero-order valence-electron chi connectivity index (χ0n) is 14.8. The van der Waals surface area contributed by atoms with E-state index in [0.717, 1.165) is 32.5 Å². The van der Waals surface area contributed by atoms with E-state index >= 15 is 0 Å². The van der Waals surface area contributed by atoms with Crippen molar-refractivity contribution in [1.29, 1.82) is 0 Å². The Morgan fingerprint density at radius 1 is 1.29 bits per heavy atom. The van der Waals surface area contributed by atoms with E-state index < -0.39 is 5.60 Å². The van der Waals surface area contributed by atoms with Crippen molar-refractivity contribution in [1.82, 2.24) is 15.1 Å². The van der Waals surface area contributed by atoms with Gasteiger partial charge in [0.25, 0.3) is 0 Å². The highest BCUT2D eigenvalue weighted by atomic mass is 16.6. The van der Waals surface area contributed by atoms with Crippen molar-refractivity contribution in [3.8, 4) is 0 Å². The molecular formula is C16H33N3O2. The van der Waals surface area contributed by atoms with Crippen LogP contribution >= 0.6 is 0 Å². The zero-order valence-corrected chi connectivity index (χ0v) is 14.8. The molecule has 5 heteroatoms. The van der Waals surface area contributed by atoms with Gasteiger partial charge in [0.2, 0.25) is 0 Å². The summed E-state index contributed by atoms with van der Waals surface area (Å²) in [6.07, 6.45) is 1.95. The Bertz CT molecular complexity index is 348. The van der Waals surface area contributed by atoms with E-state index in [0.29, 0.717) is 6.04 Å². The fourth-order valence-corrected chi connectivity index (χ4v) is 2.19. The van der Waals surface area contributed by atoms with E-state index in [9.17, 15) is 4.79 Å². The summed E-state index contributed by atoms with van der Waals surface area (Å²) in [6.45, 7) is 12.6. The SMILES string of the molecule is CN(C)C(C)(C)CNC1CCCN(C(=O)OC(C)(C)C)C1. The number of carbonyl (C=O) groups is 1. The minimum Gasteiger partial charge on any atom is -0.444 e. The van der Waals surface area contributed by atoms with Gasteiger partial charge in [-0.25, -0.2) is 4.79 Å². The van der Waals surface area contributed by atoms with Gasteiger partial charge in [0, 0.05) is 31.2 Å². The number of carbonyl (C=O) groups excluding carboxylic acids is 1. The molecule has 1 heterocycles. The smallest absolute Gasteiger partial charge is 0.410 e. The van der Waals surface area contributed by atoms with Crippen molar-refractivity contribution in [2.45, 2.75) is 64.6 Å². The highest BCUT2D eigenvalue weighted by molar-refractivity contribution is 5.68. The first-order valence-electron chi connectivity index (χ1n) is 7.90. The van der Waals surface area contributed by atoms with Gasteiger partial charge in [-0.15, -0.1) is 0 Å². The first-order valence-corrected chi connectivity index (χ1v) is 7.90. The lowest BCUT2D eigenvalue weighted by Gasteiger charge is -2.38. The largest absolute Gasteiger partial charge is 0.444 e. The molecule has 0 aliphatic carbocycles. The second-order valence-electron chi connectivity index (χ2n) is 7.85. The third-order valence-corrected chi connectivity index (χ3v) is 4.11. The summed E-state index contributed by atoms with van der Waals surface area (Å²) in [5, 5.41) is 3.60. The molecule has 0 radical (unpaired) electrons. The molecule has 0 aromatic heterocycles. The van der Waals surface area contributed by atoms with Crippen LogP contribution in [0.25, 0.3) is 0 Å². The molecule has 1 atom stereocenters. The van der Waals surface area contributed by atoms with Gasteiger partial charge in [0.05, 0.1) is 0 Å². The Morgan fingerprint density at radius 3 is 2.43 bits per heavy atom. The van der Waals surface area contributed by atoms with E-state index in [4.69, 9.17) is 4.74 Å². The first kappa shape index (κ1) is 18.2. The first-order chi connectivity index (χ1) is 9.51. The Labute approximate surface area is 130 Å². The van der Waals surface area contributed by atoms with E-state index in [1.165, 1.54) is 0 Å². The van der Waals surface area contributed by atoms with Gasteiger partial charge in [-0.05, 0) is 61.6 Å². The van der Waals surface area contributed by atoms with Crippen LogP contribution in [0.3, 0.4) is 0 Å². The number of hydrogen-bond acceptors (Lipinski definition) is 4. The van der Waals surface area contributed by atoms with Crippen LogP contribution in [0, 0.1) is 0 Å². The number of likely N-dealkylation sites (tertiary alicyclic amines) is 1. The third-order valence-electron chi connectivity index (χ3n) is 4.11. The lowest BCUT2D eigenvalue weighted by molar-refractivity contribution is 0.0183. The van der Waals surface area contributed by atoms with E-state index in [1.54, 1.807) is 0 Å². The molecular weight excluding hydrogens is 266 g/mol. The van der Waals surface area contributed by atoms with Crippen molar-refractivity contribution in [3.05, 3.63) is 0 Å². The predicted octanol–water partition coefficient (Wildman–Crippen LogP) is 2.32. The molecule has 1 saturated heterocycles. The summed E-state index contributed by atoms with van der Waals surface area (Å²) in [6, 6.07) is 0.352. The Balaban J connectivity index is 2.47. The molecule has 0 aromatic rings. The van der Waals surface area contributed by atoms with Crippen LogP contribution in [-0.2, 0) is 4.74 Å². The number of rotatable bonds is 4. The predicted molar refractivity (Wildman–Crippen MR) is 86.6 cm³/mol.